The maximum Gasteiger partial charge on any atom is 0.262 e. The van der Waals surface area contributed by atoms with Gasteiger partial charge in [-0.1, -0.05) is 24.3 Å². The fourth-order valence-corrected chi connectivity index (χ4v) is 6.06. The first-order chi connectivity index (χ1) is 16.2. The van der Waals surface area contributed by atoms with E-state index in [9.17, 15) is 18.0 Å². The van der Waals surface area contributed by atoms with Crippen molar-refractivity contribution in [1.82, 2.24) is 10.2 Å². The van der Waals surface area contributed by atoms with Gasteiger partial charge in [0.25, 0.3) is 21.8 Å². The van der Waals surface area contributed by atoms with Crippen LogP contribution in [0.1, 0.15) is 44.7 Å². The Balaban J connectivity index is 1.45. The molecule has 1 aromatic heterocycles. The normalized spacial score (nSPS) is 14.6. The lowest BCUT2D eigenvalue weighted by Crippen LogP contribution is -2.46. The lowest BCUT2D eigenvalue weighted by Gasteiger charge is -2.32. The molecule has 4 rings (SSSR count). The summed E-state index contributed by atoms with van der Waals surface area (Å²) in [5, 5.41) is 6.70. The Labute approximate surface area is 203 Å². The van der Waals surface area contributed by atoms with Crippen LogP contribution in [-0.4, -0.2) is 44.3 Å². The molecule has 1 aliphatic rings. The summed E-state index contributed by atoms with van der Waals surface area (Å²) in [5.41, 5.74) is 2.67. The first-order valence-electron chi connectivity index (χ1n) is 11.1. The number of likely N-dealkylation sites (tertiary alicyclic amines) is 1. The molecule has 2 N–H and O–H groups in total. The number of para-hydroxylation sites is 1. The highest BCUT2D eigenvalue weighted by molar-refractivity contribution is 7.92. The van der Waals surface area contributed by atoms with Gasteiger partial charge in [0.15, 0.2) is 0 Å². The van der Waals surface area contributed by atoms with Crippen LogP contribution in [0.5, 0.6) is 0 Å². The highest BCUT2D eigenvalue weighted by Gasteiger charge is 2.27. The molecule has 1 saturated heterocycles. The topological polar surface area (TPSA) is 95.6 Å². The Morgan fingerprint density at radius 1 is 1.03 bits per heavy atom. The standard InChI is InChI=1S/C25H27N3O4S2/c1-17-7-8-18(2)23(15-17)34(31,32)27-22-6-4-3-5-21(22)25(30)28-12-9-20(10-13-28)26-24(29)19-11-14-33-16-19/h3-8,11,14-16,20,27H,9-10,12-13H2,1-2H3,(H,26,29). The summed E-state index contributed by atoms with van der Waals surface area (Å²) in [7, 11) is -3.86. The highest BCUT2D eigenvalue weighted by Crippen LogP contribution is 2.25. The van der Waals surface area contributed by atoms with Crippen LogP contribution >= 0.6 is 11.3 Å². The number of anilines is 1. The minimum atomic E-state index is -3.86. The minimum Gasteiger partial charge on any atom is -0.349 e. The van der Waals surface area contributed by atoms with Gasteiger partial charge in [0.1, 0.15) is 0 Å². The maximum atomic E-state index is 13.3. The van der Waals surface area contributed by atoms with Crippen LogP contribution in [0.3, 0.4) is 0 Å². The zero-order valence-electron chi connectivity index (χ0n) is 19.1. The average Bonchev–Trinajstić information content (AvgIpc) is 3.36. The summed E-state index contributed by atoms with van der Waals surface area (Å²) < 4.78 is 28.8. The van der Waals surface area contributed by atoms with Crippen molar-refractivity contribution in [3.63, 3.8) is 0 Å². The van der Waals surface area contributed by atoms with Crippen molar-refractivity contribution in [2.75, 3.05) is 17.8 Å². The molecule has 0 unspecified atom stereocenters. The minimum absolute atomic E-state index is 0.00510. The molecule has 7 nitrogen and oxygen atoms in total. The quantitative estimate of drug-likeness (QED) is 0.534. The lowest BCUT2D eigenvalue weighted by molar-refractivity contribution is 0.0699. The summed E-state index contributed by atoms with van der Waals surface area (Å²) in [6.07, 6.45) is 1.27. The van der Waals surface area contributed by atoms with Crippen LogP contribution in [-0.2, 0) is 10.0 Å². The van der Waals surface area contributed by atoms with Gasteiger partial charge >= 0.3 is 0 Å². The predicted octanol–water partition coefficient (Wildman–Crippen LogP) is 4.20. The molecule has 0 spiro atoms. The number of nitrogens with zero attached hydrogens (tertiary/aromatic N) is 1. The Morgan fingerprint density at radius 2 is 1.76 bits per heavy atom. The number of rotatable bonds is 6. The number of thiophene rings is 1. The van der Waals surface area contributed by atoms with Crippen LogP contribution in [0.25, 0.3) is 0 Å². The molecule has 178 valence electrons. The smallest absolute Gasteiger partial charge is 0.262 e. The molecule has 9 heteroatoms. The van der Waals surface area contributed by atoms with Crippen LogP contribution in [0.15, 0.2) is 64.2 Å². The van der Waals surface area contributed by atoms with Crippen molar-refractivity contribution in [2.24, 2.45) is 0 Å². The van der Waals surface area contributed by atoms with Crippen molar-refractivity contribution in [2.45, 2.75) is 37.6 Å². The second-order valence-corrected chi connectivity index (χ2v) is 10.9. The zero-order chi connectivity index (χ0) is 24.3. The van der Waals surface area contributed by atoms with Crippen LogP contribution < -0.4 is 10.0 Å². The summed E-state index contributed by atoms with van der Waals surface area (Å²) in [6.45, 7) is 4.53. The molecule has 34 heavy (non-hydrogen) atoms. The number of piperidine rings is 1. The first kappa shape index (κ1) is 24.0. The van der Waals surface area contributed by atoms with Gasteiger partial charge in [-0.25, -0.2) is 8.42 Å². The molecule has 2 aromatic carbocycles. The molecule has 0 atom stereocenters. The van der Waals surface area contributed by atoms with Crippen LogP contribution in [0.2, 0.25) is 0 Å². The van der Waals surface area contributed by atoms with E-state index in [4.69, 9.17) is 0 Å². The molecule has 0 saturated carbocycles. The number of nitrogens with one attached hydrogen (secondary N) is 2. The van der Waals surface area contributed by atoms with E-state index in [0.29, 0.717) is 42.6 Å². The van der Waals surface area contributed by atoms with Gasteiger partial charge in [0.2, 0.25) is 0 Å². The molecule has 3 aromatic rings. The Morgan fingerprint density at radius 3 is 2.47 bits per heavy atom. The first-order valence-corrected chi connectivity index (χ1v) is 13.5. The van der Waals surface area contributed by atoms with Gasteiger partial charge in [-0.2, -0.15) is 11.3 Å². The fraction of sp³-hybridized carbons (Fsp3) is 0.280. The van der Waals surface area contributed by atoms with Gasteiger partial charge in [-0.05, 0) is 67.5 Å². The number of aryl methyl sites for hydroxylation is 2. The molecule has 1 fully saturated rings. The molecular formula is C25H27N3O4S2. The number of carbonyl (C=O) groups is 2. The maximum absolute atomic E-state index is 13.3. The summed E-state index contributed by atoms with van der Waals surface area (Å²) in [4.78, 5) is 27.5. The third-order valence-corrected chi connectivity index (χ3v) is 8.13. The Bertz CT molecular complexity index is 1300. The average molecular weight is 498 g/mol. The fourth-order valence-electron chi connectivity index (χ4n) is 4.01. The number of hydrogen-bond acceptors (Lipinski definition) is 5. The van der Waals surface area contributed by atoms with Gasteiger partial charge in [0, 0.05) is 30.1 Å². The Kier molecular flexibility index (Phi) is 7.04. The van der Waals surface area contributed by atoms with Gasteiger partial charge in [0.05, 0.1) is 16.1 Å². The van der Waals surface area contributed by atoms with Crippen LogP contribution in [0, 0.1) is 13.8 Å². The summed E-state index contributed by atoms with van der Waals surface area (Å²) in [6, 6.07) is 13.7. The zero-order valence-corrected chi connectivity index (χ0v) is 20.7. The van der Waals surface area contributed by atoms with E-state index < -0.39 is 10.0 Å². The van der Waals surface area contributed by atoms with Crippen molar-refractivity contribution >= 4 is 38.9 Å². The molecule has 2 amide bonds. The van der Waals surface area contributed by atoms with Crippen molar-refractivity contribution in [1.29, 1.82) is 0 Å². The van der Waals surface area contributed by atoms with E-state index in [1.807, 2.05) is 23.8 Å². The van der Waals surface area contributed by atoms with Gasteiger partial charge < -0.3 is 10.2 Å². The van der Waals surface area contributed by atoms with E-state index in [2.05, 4.69) is 10.0 Å². The second kappa shape index (κ2) is 9.99. The molecular weight excluding hydrogens is 470 g/mol. The highest BCUT2D eigenvalue weighted by atomic mass is 32.2. The molecule has 0 aliphatic carbocycles. The third-order valence-electron chi connectivity index (χ3n) is 5.94. The second-order valence-electron chi connectivity index (χ2n) is 8.47. The third kappa shape index (κ3) is 5.31. The molecule has 0 radical (unpaired) electrons. The molecule has 0 bridgehead atoms. The number of amides is 2. The van der Waals surface area contributed by atoms with E-state index in [-0.39, 0.29) is 28.4 Å². The molecule has 2 heterocycles. The van der Waals surface area contributed by atoms with Gasteiger partial charge in [-0.15, -0.1) is 0 Å². The van der Waals surface area contributed by atoms with E-state index >= 15 is 0 Å². The number of benzene rings is 2. The SMILES string of the molecule is Cc1ccc(C)c(S(=O)(=O)Nc2ccccc2C(=O)N2CCC(NC(=O)c3ccsc3)CC2)c1. The Hall–Kier alpha value is -3.17. The van der Waals surface area contributed by atoms with E-state index in [0.717, 1.165) is 5.56 Å². The monoisotopic (exact) mass is 497 g/mol. The predicted molar refractivity (Wildman–Crippen MR) is 134 cm³/mol. The van der Waals surface area contributed by atoms with E-state index in [1.54, 1.807) is 54.3 Å². The lowest BCUT2D eigenvalue weighted by atomic mass is 10.0. The number of sulfonamides is 1. The summed E-state index contributed by atoms with van der Waals surface area (Å²) in [5.74, 6) is -0.334. The van der Waals surface area contributed by atoms with Crippen molar-refractivity contribution in [3.8, 4) is 0 Å². The molecule has 1 aliphatic heterocycles. The van der Waals surface area contributed by atoms with Crippen molar-refractivity contribution < 1.29 is 18.0 Å². The largest absolute Gasteiger partial charge is 0.349 e. The number of hydrogen-bond donors (Lipinski definition) is 2. The van der Waals surface area contributed by atoms with E-state index in [1.165, 1.54) is 11.3 Å². The number of carbonyl (C=O) groups excluding carboxylic acids is 2. The van der Waals surface area contributed by atoms with Gasteiger partial charge in [-0.3, -0.25) is 14.3 Å². The van der Waals surface area contributed by atoms with Crippen LogP contribution in [0.4, 0.5) is 5.69 Å². The van der Waals surface area contributed by atoms with Crippen molar-refractivity contribution in [3.05, 3.63) is 81.5 Å². The summed E-state index contributed by atoms with van der Waals surface area (Å²) >= 11 is 1.47.